The van der Waals surface area contributed by atoms with Crippen LogP contribution in [0.3, 0.4) is 0 Å². The minimum Gasteiger partial charge on any atom is -0.741 e. The zero-order valence-electron chi connectivity index (χ0n) is 30.3. The highest BCUT2D eigenvalue weighted by molar-refractivity contribution is 7.97. The molecule has 0 aliphatic carbocycles. The fourth-order valence-corrected chi connectivity index (χ4v) is 7.60. The van der Waals surface area contributed by atoms with Gasteiger partial charge in [0.1, 0.15) is 37.1 Å². The minimum atomic E-state index is -6.09. The number of hydrogen-bond acceptors (Lipinski definition) is 8. The molecule has 0 fully saturated rings. The van der Waals surface area contributed by atoms with Crippen LogP contribution in [0.15, 0.2) is 142 Å². The van der Waals surface area contributed by atoms with E-state index in [1.54, 1.807) is 0 Å². The summed E-state index contributed by atoms with van der Waals surface area (Å²) in [5.41, 5.74) is -4.47. The maximum Gasteiger partial charge on any atom is 0.485 e. The van der Waals surface area contributed by atoms with Crippen LogP contribution < -0.4 is 14.2 Å². The van der Waals surface area contributed by atoms with Gasteiger partial charge in [-0.3, -0.25) is 0 Å². The van der Waals surface area contributed by atoms with Crippen molar-refractivity contribution in [2.45, 2.75) is 40.6 Å². The summed E-state index contributed by atoms with van der Waals surface area (Å²) in [5.74, 6) is 2.51. The predicted octanol–water partition coefficient (Wildman–Crippen LogP) is 9.55. The number of benzene rings is 6. The first kappa shape index (κ1) is 41.4. The van der Waals surface area contributed by atoms with Crippen LogP contribution >= 0.6 is 0 Å². The predicted molar refractivity (Wildman–Crippen MR) is 207 cm³/mol. The number of hydrogen-bond donors (Lipinski definition) is 0. The molecule has 0 saturated heterocycles. The number of halogens is 3. The number of fused-ring (bicyclic) bond motifs is 3. The molecule has 6 aromatic rings. The first-order chi connectivity index (χ1) is 26.5. The SMILES string of the molecule is CCOCCOc1ccc([S+](c2ccc(OCCOCC)cc2)c2ccc(OCc3cc4ccccc4c4ccccc34)cc2)cc1.O=S(=O)([O-])C(F)(F)F. The minimum absolute atomic E-state index is 0.347. The molecule has 6 aromatic carbocycles. The first-order valence-corrected chi connectivity index (χ1v) is 20.1. The molecule has 0 aliphatic heterocycles. The lowest BCUT2D eigenvalue weighted by molar-refractivity contribution is -0.0517. The normalized spacial score (nSPS) is 11.7. The van der Waals surface area contributed by atoms with E-state index in [2.05, 4.69) is 103 Å². The lowest BCUT2D eigenvalue weighted by Gasteiger charge is -2.13. The molecule has 6 rings (SSSR count). The third-order valence-electron chi connectivity index (χ3n) is 8.11. The molecule has 8 nitrogen and oxygen atoms in total. The van der Waals surface area contributed by atoms with Crippen molar-refractivity contribution in [2.75, 3.05) is 39.6 Å². The van der Waals surface area contributed by atoms with Crippen molar-refractivity contribution < 1.29 is 49.8 Å². The second kappa shape index (κ2) is 19.7. The highest BCUT2D eigenvalue weighted by Gasteiger charge is 2.37. The Hall–Kier alpha value is -4.79. The van der Waals surface area contributed by atoms with Gasteiger partial charge in [-0.1, -0.05) is 48.5 Å². The quantitative estimate of drug-likeness (QED) is 0.0314. The molecule has 0 spiro atoms. The Bertz CT molecular complexity index is 2160. The average molecular weight is 795 g/mol. The molecule has 0 unspecified atom stereocenters. The highest BCUT2D eigenvalue weighted by atomic mass is 32.2. The first-order valence-electron chi connectivity index (χ1n) is 17.5. The van der Waals surface area contributed by atoms with Crippen molar-refractivity contribution in [1.82, 2.24) is 0 Å². The number of ether oxygens (including phenoxy) is 5. The van der Waals surface area contributed by atoms with Gasteiger partial charge in [-0.2, -0.15) is 13.2 Å². The van der Waals surface area contributed by atoms with Gasteiger partial charge in [-0.25, -0.2) is 8.42 Å². The highest BCUT2D eigenvalue weighted by Crippen LogP contribution is 2.35. The van der Waals surface area contributed by atoms with E-state index < -0.39 is 15.6 Å². The van der Waals surface area contributed by atoms with Gasteiger partial charge < -0.3 is 28.2 Å². The Kier molecular flexibility index (Phi) is 14.8. The molecule has 0 saturated carbocycles. The summed E-state index contributed by atoms with van der Waals surface area (Å²) >= 11 is 0. The van der Waals surface area contributed by atoms with Crippen LogP contribution in [-0.4, -0.2) is 58.1 Å². The zero-order valence-corrected chi connectivity index (χ0v) is 31.9. The Morgan fingerprint density at radius 1 is 0.564 bits per heavy atom. The summed E-state index contributed by atoms with van der Waals surface area (Å²) in [6, 6.07) is 44.6. The van der Waals surface area contributed by atoms with Crippen molar-refractivity contribution in [3.63, 3.8) is 0 Å². The molecule has 55 heavy (non-hydrogen) atoms. The maximum atomic E-state index is 10.7. The van der Waals surface area contributed by atoms with Gasteiger partial charge in [-0.15, -0.1) is 0 Å². The van der Waals surface area contributed by atoms with E-state index >= 15 is 0 Å². The summed E-state index contributed by atoms with van der Waals surface area (Å²) in [5, 5.41) is 4.96. The van der Waals surface area contributed by atoms with E-state index in [9.17, 15) is 13.2 Å². The van der Waals surface area contributed by atoms with E-state index in [1.807, 2.05) is 38.1 Å². The van der Waals surface area contributed by atoms with Gasteiger partial charge in [0.2, 0.25) is 0 Å². The summed E-state index contributed by atoms with van der Waals surface area (Å²) < 4.78 is 87.9. The van der Waals surface area contributed by atoms with Gasteiger partial charge in [-0.05, 0) is 120 Å². The largest absolute Gasteiger partial charge is 0.741 e. The van der Waals surface area contributed by atoms with E-state index in [1.165, 1.54) is 41.8 Å². The number of rotatable bonds is 16. The smallest absolute Gasteiger partial charge is 0.485 e. The van der Waals surface area contributed by atoms with Crippen LogP contribution in [0.4, 0.5) is 13.2 Å². The lowest BCUT2D eigenvalue weighted by Crippen LogP contribution is -2.21. The molecule has 0 heterocycles. The van der Waals surface area contributed by atoms with E-state index in [0.717, 1.165) is 17.2 Å². The van der Waals surface area contributed by atoms with Crippen LogP contribution in [-0.2, 0) is 37.1 Å². The van der Waals surface area contributed by atoms with Crippen LogP contribution in [0, 0.1) is 0 Å². The molecule has 0 radical (unpaired) electrons. The summed E-state index contributed by atoms with van der Waals surface area (Å²) in [6.45, 7) is 8.05. The average Bonchev–Trinajstić information content (AvgIpc) is 3.18. The fraction of sp³-hybridized carbons (Fsp3) is 0.238. The maximum absolute atomic E-state index is 10.7. The van der Waals surface area contributed by atoms with Crippen molar-refractivity contribution in [1.29, 1.82) is 0 Å². The molecular weight excluding hydrogens is 754 g/mol. The zero-order chi connectivity index (χ0) is 39.3. The van der Waals surface area contributed by atoms with E-state index in [4.69, 9.17) is 36.7 Å². The molecule has 290 valence electrons. The van der Waals surface area contributed by atoms with Crippen molar-refractivity contribution in [3.8, 4) is 17.2 Å². The lowest BCUT2D eigenvalue weighted by atomic mass is 9.98. The second-order valence-electron chi connectivity index (χ2n) is 11.8. The van der Waals surface area contributed by atoms with Crippen LogP contribution in [0.25, 0.3) is 21.5 Å². The number of alkyl halides is 3. The Balaban J connectivity index is 0.000000654. The Morgan fingerprint density at radius 3 is 1.40 bits per heavy atom. The third kappa shape index (κ3) is 11.6. The second-order valence-corrected chi connectivity index (χ2v) is 15.2. The molecular formula is C42H41F3O8S2. The van der Waals surface area contributed by atoms with Gasteiger partial charge in [0, 0.05) is 13.2 Å². The molecule has 0 atom stereocenters. The van der Waals surface area contributed by atoms with Crippen molar-refractivity contribution >= 4 is 42.6 Å². The standard InChI is InChI=1S/C41H41O5S.CHF3O3S/c1-3-42-25-27-44-33-13-19-36(20-14-33)47(37-21-15-34(16-22-37)45-28-26-43-4-2)38-23-17-35(18-24-38)46-30-32-29-31-9-5-6-10-39(31)41-12-8-7-11-40(32)41;2-1(3,4)8(5,6)7/h5-24,29H,3-4,25-28,30H2,1-2H3;(H,5,6,7)/q+1;/p-1. The summed E-state index contributed by atoms with van der Waals surface area (Å²) in [6.07, 6.45) is 0. The molecule has 0 bridgehead atoms. The molecule has 13 heteroatoms. The van der Waals surface area contributed by atoms with Crippen LogP contribution in [0.5, 0.6) is 17.2 Å². The Labute approximate surface area is 321 Å². The summed E-state index contributed by atoms with van der Waals surface area (Å²) in [4.78, 5) is 3.59. The molecule has 0 amide bonds. The monoisotopic (exact) mass is 794 g/mol. The summed E-state index contributed by atoms with van der Waals surface area (Å²) in [7, 11) is -6.44. The van der Waals surface area contributed by atoms with Gasteiger partial charge in [0.15, 0.2) is 24.8 Å². The van der Waals surface area contributed by atoms with Crippen molar-refractivity contribution in [2.24, 2.45) is 0 Å². The van der Waals surface area contributed by atoms with Gasteiger partial charge in [0.25, 0.3) is 0 Å². The molecule has 0 aromatic heterocycles. The molecule has 0 aliphatic rings. The topological polar surface area (TPSA) is 103 Å². The molecule has 0 N–H and O–H groups in total. The van der Waals surface area contributed by atoms with Crippen LogP contribution in [0.1, 0.15) is 19.4 Å². The van der Waals surface area contributed by atoms with Crippen molar-refractivity contribution in [3.05, 3.63) is 133 Å². The fourth-order valence-electron chi connectivity index (χ4n) is 5.56. The third-order valence-corrected chi connectivity index (χ3v) is 10.9. The van der Waals surface area contributed by atoms with E-state index in [-0.39, 0.29) is 10.9 Å². The van der Waals surface area contributed by atoms with E-state index in [0.29, 0.717) is 46.2 Å². The van der Waals surface area contributed by atoms with Gasteiger partial charge in [0.05, 0.1) is 24.1 Å². The van der Waals surface area contributed by atoms with Gasteiger partial charge >= 0.3 is 5.51 Å². The Morgan fingerprint density at radius 2 is 0.964 bits per heavy atom. The van der Waals surface area contributed by atoms with Crippen LogP contribution in [0.2, 0.25) is 0 Å².